The zero-order valence-corrected chi connectivity index (χ0v) is 12.9. The number of rotatable bonds is 6. The Hall–Kier alpha value is -1.59. The van der Waals surface area contributed by atoms with Gasteiger partial charge in [-0.25, -0.2) is 0 Å². The van der Waals surface area contributed by atoms with Crippen molar-refractivity contribution < 1.29 is 0 Å². The molecule has 0 aromatic carbocycles. The van der Waals surface area contributed by atoms with E-state index < -0.39 is 0 Å². The van der Waals surface area contributed by atoms with Crippen LogP contribution in [0.5, 0.6) is 0 Å². The van der Waals surface area contributed by atoms with E-state index in [1.54, 1.807) is 0 Å². The van der Waals surface area contributed by atoms with Crippen LogP contribution in [-0.2, 0) is 0 Å². The molecule has 6 heteroatoms. The molecule has 1 aromatic rings. The van der Waals surface area contributed by atoms with Gasteiger partial charge in [0.05, 0.1) is 0 Å². The van der Waals surface area contributed by atoms with Crippen molar-refractivity contribution in [2.45, 2.75) is 71.5 Å². The zero-order valence-electron chi connectivity index (χ0n) is 12.9. The van der Waals surface area contributed by atoms with E-state index in [1.165, 1.54) is 25.7 Å². The first-order valence-electron chi connectivity index (χ1n) is 7.58. The van der Waals surface area contributed by atoms with Crippen LogP contribution in [0.3, 0.4) is 0 Å². The monoisotopic (exact) mass is 278 g/mol. The molecule has 0 unspecified atom stereocenters. The minimum atomic E-state index is 0.295. The Labute approximate surface area is 121 Å². The van der Waals surface area contributed by atoms with Crippen molar-refractivity contribution in [1.82, 2.24) is 15.0 Å². The highest BCUT2D eigenvalue weighted by Crippen LogP contribution is 2.21. The maximum atomic E-state index is 4.46. The van der Waals surface area contributed by atoms with Crippen molar-refractivity contribution in [3.63, 3.8) is 0 Å². The number of nitrogens with zero attached hydrogens (tertiary/aromatic N) is 3. The lowest BCUT2D eigenvalue weighted by atomic mass is 10.3. The fraction of sp³-hybridized carbons (Fsp3) is 0.786. The van der Waals surface area contributed by atoms with Gasteiger partial charge >= 0.3 is 0 Å². The summed E-state index contributed by atoms with van der Waals surface area (Å²) in [4.78, 5) is 13.3. The Bertz CT molecular complexity index is 397. The molecule has 0 aliphatic heterocycles. The third-order valence-corrected chi connectivity index (χ3v) is 3.16. The second-order valence-corrected chi connectivity index (χ2v) is 6.03. The highest BCUT2D eigenvalue weighted by Gasteiger charge is 2.17. The zero-order chi connectivity index (χ0) is 14.5. The van der Waals surface area contributed by atoms with E-state index in [9.17, 15) is 0 Å². The molecule has 1 aromatic heterocycles. The fourth-order valence-corrected chi connectivity index (χ4v) is 2.34. The average molecular weight is 278 g/mol. The minimum absolute atomic E-state index is 0.295. The van der Waals surface area contributed by atoms with Crippen molar-refractivity contribution in [1.29, 1.82) is 0 Å². The van der Waals surface area contributed by atoms with Crippen molar-refractivity contribution in [3.05, 3.63) is 0 Å². The third-order valence-electron chi connectivity index (χ3n) is 3.16. The van der Waals surface area contributed by atoms with Crippen molar-refractivity contribution in [3.8, 4) is 0 Å². The van der Waals surface area contributed by atoms with E-state index in [-0.39, 0.29) is 0 Å². The molecular formula is C14H26N6. The Morgan fingerprint density at radius 2 is 1.25 bits per heavy atom. The van der Waals surface area contributed by atoms with Gasteiger partial charge in [0.2, 0.25) is 17.8 Å². The van der Waals surface area contributed by atoms with Crippen LogP contribution in [0, 0.1) is 0 Å². The highest BCUT2D eigenvalue weighted by atomic mass is 15.3. The molecule has 3 N–H and O–H groups in total. The normalized spacial score (nSPS) is 15.9. The van der Waals surface area contributed by atoms with Gasteiger partial charge in [-0.1, -0.05) is 12.8 Å². The molecule has 0 radical (unpaired) electrons. The topological polar surface area (TPSA) is 74.8 Å². The van der Waals surface area contributed by atoms with Crippen LogP contribution in [0.15, 0.2) is 0 Å². The molecule has 1 saturated carbocycles. The second-order valence-electron chi connectivity index (χ2n) is 6.03. The van der Waals surface area contributed by atoms with Gasteiger partial charge < -0.3 is 16.0 Å². The van der Waals surface area contributed by atoms with Crippen LogP contribution in [0.1, 0.15) is 53.4 Å². The van der Waals surface area contributed by atoms with E-state index in [0.717, 1.165) is 0 Å². The van der Waals surface area contributed by atoms with E-state index in [1.807, 2.05) is 0 Å². The Morgan fingerprint density at radius 1 is 0.800 bits per heavy atom. The first-order chi connectivity index (χ1) is 9.52. The standard InChI is InChI=1S/C14H26N6/c1-9(2)15-12-18-13(16-10(3)4)20-14(19-12)17-11-7-5-6-8-11/h9-11H,5-8H2,1-4H3,(H3,15,16,17,18,19,20). The Morgan fingerprint density at radius 3 is 1.70 bits per heavy atom. The van der Waals surface area contributed by atoms with E-state index in [2.05, 4.69) is 58.6 Å². The lowest BCUT2D eigenvalue weighted by molar-refractivity contribution is 0.740. The molecule has 1 heterocycles. The molecule has 112 valence electrons. The molecule has 0 amide bonds. The van der Waals surface area contributed by atoms with Crippen molar-refractivity contribution in [2.24, 2.45) is 0 Å². The van der Waals surface area contributed by atoms with Crippen LogP contribution in [0.4, 0.5) is 17.8 Å². The lowest BCUT2D eigenvalue weighted by Gasteiger charge is -2.16. The van der Waals surface area contributed by atoms with Gasteiger partial charge in [-0.3, -0.25) is 0 Å². The maximum Gasteiger partial charge on any atom is 0.229 e. The summed E-state index contributed by atoms with van der Waals surface area (Å²) in [5.74, 6) is 1.91. The van der Waals surface area contributed by atoms with Crippen LogP contribution in [-0.4, -0.2) is 33.1 Å². The summed E-state index contributed by atoms with van der Waals surface area (Å²) < 4.78 is 0. The summed E-state index contributed by atoms with van der Waals surface area (Å²) >= 11 is 0. The molecule has 1 aliphatic rings. The molecular weight excluding hydrogens is 252 g/mol. The predicted molar refractivity (Wildman–Crippen MR) is 83.2 cm³/mol. The number of hydrogen-bond donors (Lipinski definition) is 3. The molecule has 0 bridgehead atoms. The SMILES string of the molecule is CC(C)Nc1nc(NC(C)C)nc(NC2CCCC2)n1. The molecule has 0 spiro atoms. The quantitative estimate of drug-likeness (QED) is 0.743. The van der Waals surface area contributed by atoms with E-state index in [0.29, 0.717) is 36.0 Å². The third kappa shape index (κ3) is 4.51. The van der Waals surface area contributed by atoms with Crippen LogP contribution >= 0.6 is 0 Å². The van der Waals surface area contributed by atoms with Gasteiger partial charge in [0.1, 0.15) is 0 Å². The van der Waals surface area contributed by atoms with Crippen LogP contribution < -0.4 is 16.0 Å². The molecule has 0 saturated heterocycles. The summed E-state index contributed by atoms with van der Waals surface area (Å²) in [5, 5.41) is 9.91. The summed E-state index contributed by atoms with van der Waals surface area (Å²) in [6, 6.07) is 1.09. The molecule has 0 atom stereocenters. The lowest BCUT2D eigenvalue weighted by Crippen LogP contribution is -2.21. The van der Waals surface area contributed by atoms with Gasteiger partial charge in [0.15, 0.2) is 0 Å². The average Bonchev–Trinajstić information content (AvgIpc) is 2.79. The van der Waals surface area contributed by atoms with Crippen LogP contribution in [0.2, 0.25) is 0 Å². The van der Waals surface area contributed by atoms with E-state index >= 15 is 0 Å². The maximum absolute atomic E-state index is 4.46. The summed E-state index contributed by atoms with van der Waals surface area (Å²) in [7, 11) is 0. The molecule has 6 nitrogen and oxygen atoms in total. The summed E-state index contributed by atoms with van der Waals surface area (Å²) in [6.07, 6.45) is 4.98. The first kappa shape index (κ1) is 14.8. The minimum Gasteiger partial charge on any atom is -0.352 e. The van der Waals surface area contributed by atoms with Gasteiger partial charge in [-0.05, 0) is 40.5 Å². The van der Waals surface area contributed by atoms with Gasteiger partial charge in [-0.15, -0.1) is 0 Å². The predicted octanol–water partition coefficient (Wildman–Crippen LogP) is 2.87. The first-order valence-corrected chi connectivity index (χ1v) is 7.58. The Balaban J connectivity index is 2.14. The molecule has 1 fully saturated rings. The van der Waals surface area contributed by atoms with Crippen LogP contribution in [0.25, 0.3) is 0 Å². The second kappa shape index (κ2) is 6.72. The fourth-order valence-electron chi connectivity index (χ4n) is 2.34. The van der Waals surface area contributed by atoms with Gasteiger partial charge in [-0.2, -0.15) is 15.0 Å². The molecule has 2 rings (SSSR count). The summed E-state index contributed by atoms with van der Waals surface area (Å²) in [5.41, 5.74) is 0. The smallest absolute Gasteiger partial charge is 0.229 e. The van der Waals surface area contributed by atoms with E-state index in [4.69, 9.17) is 0 Å². The van der Waals surface area contributed by atoms with Crippen molar-refractivity contribution in [2.75, 3.05) is 16.0 Å². The number of aromatic nitrogens is 3. The summed E-state index contributed by atoms with van der Waals surface area (Å²) in [6.45, 7) is 8.29. The highest BCUT2D eigenvalue weighted by molar-refractivity contribution is 5.43. The Kier molecular flexibility index (Phi) is 4.98. The molecule has 1 aliphatic carbocycles. The number of anilines is 3. The number of hydrogen-bond acceptors (Lipinski definition) is 6. The molecule has 20 heavy (non-hydrogen) atoms. The number of nitrogens with one attached hydrogen (secondary N) is 3. The van der Waals surface area contributed by atoms with Gasteiger partial charge in [0, 0.05) is 18.1 Å². The largest absolute Gasteiger partial charge is 0.352 e. The van der Waals surface area contributed by atoms with Gasteiger partial charge in [0.25, 0.3) is 0 Å². The van der Waals surface area contributed by atoms with Crippen molar-refractivity contribution >= 4 is 17.8 Å².